The first-order valence-electron chi connectivity index (χ1n) is 6.51. The molecule has 0 amide bonds. The topological polar surface area (TPSA) is 41.3 Å². The van der Waals surface area contributed by atoms with Crippen molar-refractivity contribution in [3.63, 3.8) is 0 Å². The highest BCUT2D eigenvalue weighted by Gasteiger charge is 2.31. The van der Waals surface area contributed by atoms with Gasteiger partial charge in [0.05, 0.1) is 11.7 Å². The quantitative estimate of drug-likeness (QED) is 0.873. The van der Waals surface area contributed by atoms with E-state index in [1.807, 2.05) is 7.05 Å². The summed E-state index contributed by atoms with van der Waals surface area (Å²) in [5.41, 5.74) is 0.998. The maximum atomic E-state index is 5.66. The van der Waals surface area contributed by atoms with Crippen molar-refractivity contribution in [3.8, 4) is 0 Å². The maximum absolute atomic E-state index is 5.66. The Labute approximate surface area is 103 Å². The molecule has 1 aromatic heterocycles. The third kappa shape index (κ3) is 2.53. The highest BCUT2D eigenvalue weighted by Crippen LogP contribution is 2.33. The highest BCUT2D eigenvalue weighted by molar-refractivity contribution is 5.06. The minimum Gasteiger partial charge on any atom is -0.447 e. The van der Waals surface area contributed by atoms with Crippen LogP contribution in [0.5, 0.6) is 0 Å². The molecule has 2 rings (SSSR count). The van der Waals surface area contributed by atoms with Gasteiger partial charge in [0.1, 0.15) is 6.26 Å². The largest absolute Gasteiger partial charge is 0.447 e. The molecule has 0 saturated carbocycles. The van der Waals surface area contributed by atoms with E-state index in [1.54, 1.807) is 6.26 Å². The molecule has 0 radical (unpaired) electrons. The van der Waals surface area contributed by atoms with Gasteiger partial charge in [-0.3, -0.25) is 4.90 Å². The van der Waals surface area contributed by atoms with Gasteiger partial charge in [-0.2, -0.15) is 0 Å². The van der Waals surface area contributed by atoms with E-state index in [9.17, 15) is 0 Å². The van der Waals surface area contributed by atoms with Crippen LogP contribution in [0.1, 0.15) is 57.3 Å². The van der Waals surface area contributed by atoms with Gasteiger partial charge in [0.2, 0.25) is 5.89 Å². The average molecular weight is 237 g/mol. The molecule has 0 spiro atoms. The third-order valence-corrected chi connectivity index (χ3v) is 3.66. The van der Waals surface area contributed by atoms with Gasteiger partial charge in [-0.15, -0.1) is 0 Å². The van der Waals surface area contributed by atoms with Crippen molar-refractivity contribution in [1.29, 1.82) is 0 Å². The number of nitrogens with one attached hydrogen (secondary N) is 1. The molecule has 2 unspecified atom stereocenters. The van der Waals surface area contributed by atoms with Gasteiger partial charge in [0.15, 0.2) is 0 Å². The number of oxazole rings is 1. The van der Waals surface area contributed by atoms with Crippen molar-refractivity contribution in [3.05, 3.63) is 17.8 Å². The lowest BCUT2D eigenvalue weighted by Crippen LogP contribution is -2.30. The second kappa shape index (κ2) is 5.19. The Morgan fingerprint density at radius 1 is 1.47 bits per heavy atom. The molecule has 96 valence electrons. The fourth-order valence-corrected chi connectivity index (χ4v) is 2.47. The summed E-state index contributed by atoms with van der Waals surface area (Å²) in [6.45, 7) is 7.72. The lowest BCUT2D eigenvalue weighted by atomic mass is 10.2. The standard InChI is InChI=1S/C13H23N3O/c1-9(2)16-7-5-6-12(16)13-15-11(8-17-13)10(3)14-4/h8-10,12,14H,5-7H2,1-4H3. The smallest absolute Gasteiger partial charge is 0.211 e. The lowest BCUT2D eigenvalue weighted by molar-refractivity contribution is 0.179. The van der Waals surface area contributed by atoms with E-state index >= 15 is 0 Å². The predicted molar refractivity (Wildman–Crippen MR) is 67.8 cm³/mol. The Kier molecular flexibility index (Phi) is 3.84. The molecular weight excluding hydrogens is 214 g/mol. The summed E-state index contributed by atoms with van der Waals surface area (Å²) >= 11 is 0. The number of hydrogen-bond acceptors (Lipinski definition) is 4. The van der Waals surface area contributed by atoms with Crippen LogP contribution in [0, 0.1) is 0 Å². The van der Waals surface area contributed by atoms with Crippen LogP contribution in [-0.2, 0) is 0 Å². The Morgan fingerprint density at radius 2 is 2.24 bits per heavy atom. The summed E-state index contributed by atoms with van der Waals surface area (Å²) in [5.74, 6) is 0.883. The van der Waals surface area contributed by atoms with Gasteiger partial charge in [-0.1, -0.05) is 0 Å². The first-order valence-corrected chi connectivity index (χ1v) is 6.51. The molecule has 0 aliphatic carbocycles. The molecule has 2 heterocycles. The molecular formula is C13H23N3O. The van der Waals surface area contributed by atoms with Crippen LogP contribution >= 0.6 is 0 Å². The molecule has 17 heavy (non-hydrogen) atoms. The Balaban J connectivity index is 2.14. The van der Waals surface area contributed by atoms with Crippen LogP contribution in [0.2, 0.25) is 0 Å². The zero-order valence-electron chi connectivity index (χ0n) is 11.2. The number of aromatic nitrogens is 1. The highest BCUT2D eigenvalue weighted by atomic mass is 16.3. The first kappa shape index (κ1) is 12.6. The SMILES string of the molecule is CNC(C)c1coc(C2CCCN2C(C)C)n1. The van der Waals surface area contributed by atoms with E-state index < -0.39 is 0 Å². The van der Waals surface area contributed by atoms with Crippen molar-refractivity contribution in [2.45, 2.75) is 51.7 Å². The maximum Gasteiger partial charge on any atom is 0.211 e. The van der Waals surface area contributed by atoms with E-state index in [1.165, 1.54) is 6.42 Å². The van der Waals surface area contributed by atoms with E-state index in [4.69, 9.17) is 4.42 Å². The van der Waals surface area contributed by atoms with Crippen molar-refractivity contribution < 1.29 is 4.42 Å². The molecule has 1 aromatic rings. The number of likely N-dealkylation sites (tertiary alicyclic amines) is 1. The van der Waals surface area contributed by atoms with Crippen LogP contribution in [-0.4, -0.2) is 29.5 Å². The average Bonchev–Trinajstić information content (AvgIpc) is 2.95. The van der Waals surface area contributed by atoms with E-state index in [0.717, 1.165) is 24.6 Å². The third-order valence-electron chi connectivity index (χ3n) is 3.66. The van der Waals surface area contributed by atoms with E-state index in [2.05, 4.69) is 36.0 Å². The molecule has 4 heteroatoms. The molecule has 2 atom stereocenters. The van der Waals surface area contributed by atoms with Crippen LogP contribution in [0.4, 0.5) is 0 Å². The Morgan fingerprint density at radius 3 is 2.88 bits per heavy atom. The lowest BCUT2D eigenvalue weighted by Gasteiger charge is -2.25. The normalized spacial score (nSPS) is 23.5. The molecule has 1 saturated heterocycles. The molecule has 1 aliphatic rings. The summed E-state index contributed by atoms with van der Waals surface area (Å²) in [6.07, 6.45) is 4.18. The zero-order valence-corrected chi connectivity index (χ0v) is 11.2. The number of rotatable bonds is 4. The molecule has 1 aliphatic heterocycles. The Bertz CT molecular complexity index is 361. The molecule has 4 nitrogen and oxygen atoms in total. The molecule has 0 aromatic carbocycles. The van der Waals surface area contributed by atoms with Crippen LogP contribution in [0.25, 0.3) is 0 Å². The van der Waals surface area contributed by atoms with Gasteiger partial charge < -0.3 is 9.73 Å². The molecule has 1 N–H and O–H groups in total. The van der Waals surface area contributed by atoms with Gasteiger partial charge >= 0.3 is 0 Å². The van der Waals surface area contributed by atoms with Crippen LogP contribution < -0.4 is 5.32 Å². The zero-order chi connectivity index (χ0) is 12.4. The van der Waals surface area contributed by atoms with Gasteiger partial charge in [-0.25, -0.2) is 4.98 Å². The minimum absolute atomic E-state index is 0.251. The summed E-state index contributed by atoms with van der Waals surface area (Å²) < 4.78 is 5.66. The summed E-state index contributed by atoms with van der Waals surface area (Å²) in [5, 5.41) is 3.18. The van der Waals surface area contributed by atoms with Gasteiger partial charge in [0, 0.05) is 12.1 Å². The molecule has 1 fully saturated rings. The van der Waals surface area contributed by atoms with Crippen molar-refractivity contribution in [2.24, 2.45) is 0 Å². The van der Waals surface area contributed by atoms with Crippen molar-refractivity contribution in [2.75, 3.05) is 13.6 Å². The predicted octanol–water partition coefficient (Wildman–Crippen LogP) is 2.50. The molecule has 0 bridgehead atoms. The van der Waals surface area contributed by atoms with E-state index in [-0.39, 0.29) is 6.04 Å². The van der Waals surface area contributed by atoms with E-state index in [0.29, 0.717) is 12.1 Å². The number of nitrogens with zero attached hydrogens (tertiary/aromatic N) is 2. The fraction of sp³-hybridized carbons (Fsp3) is 0.769. The Hall–Kier alpha value is -0.870. The summed E-state index contributed by atoms with van der Waals surface area (Å²) in [6, 6.07) is 1.17. The first-order chi connectivity index (χ1) is 8.13. The van der Waals surface area contributed by atoms with Crippen LogP contribution in [0.3, 0.4) is 0 Å². The van der Waals surface area contributed by atoms with Crippen molar-refractivity contribution in [1.82, 2.24) is 15.2 Å². The summed E-state index contributed by atoms with van der Waals surface area (Å²) in [7, 11) is 1.94. The van der Waals surface area contributed by atoms with Crippen LogP contribution in [0.15, 0.2) is 10.7 Å². The minimum atomic E-state index is 0.251. The number of hydrogen-bond donors (Lipinski definition) is 1. The summed E-state index contributed by atoms with van der Waals surface area (Å²) in [4.78, 5) is 7.10. The van der Waals surface area contributed by atoms with Crippen molar-refractivity contribution >= 4 is 0 Å². The van der Waals surface area contributed by atoms with Gasteiger partial charge in [-0.05, 0) is 47.2 Å². The fourth-order valence-electron chi connectivity index (χ4n) is 2.47. The van der Waals surface area contributed by atoms with Gasteiger partial charge in [0.25, 0.3) is 0 Å². The second-order valence-electron chi connectivity index (χ2n) is 5.11. The second-order valence-corrected chi connectivity index (χ2v) is 5.11. The monoisotopic (exact) mass is 237 g/mol.